The molecular weight excluding hydrogens is 336 g/mol. The molecule has 0 spiro atoms. The van der Waals surface area contributed by atoms with Crippen LogP contribution in [0.25, 0.3) is 0 Å². The lowest BCUT2D eigenvalue weighted by molar-refractivity contribution is 0.306. The number of halogens is 1. The Labute approximate surface area is 131 Å². The first kappa shape index (κ1) is 14.0. The van der Waals surface area contributed by atoms with Gasteiger partial charge in [0, 0.05) is 40.1 Å². The van der Waals surface area contributed by atoms with Crippen molar-refractivity contribution in [2.24, 2.45) is 0 Å². The highest BCUT2D eigenvalue weighted by Crippen LogP contribution is 2.23. The predicted molar refractivity (Wildman–Crippen MR) is 85.3 cm³/mol. The van der Waals surface area contributed by atoms with Crippen molar-refractivity contribution in [3.05, 3.63) is 44.7 Å². The van der Waals surface area contributed by atoms with Crippen LogP contribution >= 0.6 is 27.3 Å². The monoisotopic (exact) mass is 352 g/mol. The molecule has 3 rings (SSSR count). The van der Waals surface area contributed by atoms with Crippen LogP contribution in [0.3, 0.4) is 0 Å². The molecule has 2 aromatic heterocycles. The van der Waals surface area contributed by atoms with E-state index in [1.807, 2.05) is 0 Å². The SMILES string of the molecule is Brc1cnc(OCCc2cccs2)c(CNC2CC2)c1. The standard InChI is InChI=1S/C15H17BrN2OS/c16-12-8-11(9-17-13-3-4-13)15(18-10-12)19-6-5-14-2-1-7-20-14/h1-2,7-8,10,13,17H,3-6,9H2. The van der Waals surface area contributed by atoms with Crippen LogP contribution < -0.4 is 10.1 Å². The third-order valence-electron chi connectivity index (χ3n) is 3.22. The fourth-order valence-electron chi connectivity index (χ4n) is 1.97. The molecule has 3 nitrogen and oxygen atoms in total. The van der Waals surface area contributed by atoms with E-state index < -0.39 is 0 Å². The number of hydrogen-bond acceptors (Lipinski definition) is 4. The molecule has 0 saturated heterocycles. The first-order valence-corrected chi connectivity index (χ1v) is 8.51. The van der Waals surface area contributed by atoms with Crippen molar-refractivity contribution in [1.82, 2.24) is 10.3 Å². The Kier molecular flexibility index (Phi) is 4.70. The highest BCUT2D eigenvalue weighted by atomic mass is 79.9. The number of nitrogens with zero attached hydrogens (tertiary/aromatic N) is 1. The number of rotatable bonds is 7. The Balaban J connectivity index is 1.58. The zero-order chi connectivity index (χ0) is 13.8. The summed E-state index contributed by atoms with van der Waals surface area (Å²) in [6, 6.07) is 6.98. The van der Waals surface area contributed by atoms with Crippen LogP contribution in [0.1, 0.15) is 23.3 Å². The summed E-state index contributed by atoms with van der Waals surface area (Å²) in [5.41, 5.74) is 1.12. The van der Waals surface area contributed by atoms with Crippen molar-refractivity contribution >= 4 is 27.3 Å². The molecule has 0 aliphatic heterocycles. The van der Waals surface area contributed by atoms with Gasteiger partial charge in [0.05, 0.1) is 6.61 Å². The Hall–Kier alpha value is -0.910. The molecule has 1 aliphatic carbocycles. The predicted octanol–water partition coefficient (Wildman–Crippen LogP) is 3.78. The van der Waals surface area contributed by atoms with E-state index in [1.54, 1.807) is 17.5 Å². The summed E-state index contributed by atoms with van der Waals surface area (Å²) in [7, 11) is 0. The van der Waals surface area contributed by atoms with Gasteiger partial charge in [-0.25, -0.2) is 4.98 Å². The summed E-state index contributed by atoms with van der Waals surface area (Å²) in [6.07, 6.45) is 5.30. The van der Waals surface area contributed by atoms with Gasteiger partial charge in [-0.05, 0) is 46.3 Å². The smallest absolute Gasteiger partial charge is 0.217 e. The van der Waals surface area contributed by atoms with E-state index in [4.69, 9.17) is 4.74 Å². The second-order valence-electron chi connectivity index (χ2n) is 4.95. The summed E-state index contributed by atoms with van der Waals surface area (Å²) in [4.78, 5) is 5.74. The van der Waals surface area contributed by atoms with Gasteiger partial charge < -0.3 is 10.1 Å². The van der Waals surface area contributed by atoms with Crippen LogP contribution in [0.2, 0.25) is 0 Å². The Bertz CT molecular complexity index is 555. The van der Waals surface area contributed by atoms with Crippen molar-refractivity contribution in [2.75, 3.05) is 6.61 Å². The van der Waals surface area contributed by atoms with Crippen molar-refractivity contribution < 1.29 is 4.74 Å². The molecular formula is C15H17BrN2OS. The van der Waals surface area contributed by atoms with Gasteiger partial charge in [-0.3, -0.25) is 0 Å². The lowest BCUT2D eigenvalue weighted by Gasteiger charge is -2.11. The highest BCUT2D eigenvalue weighted by molar-refractivity contribution is 9.10. The van der Waals surface area contributed by atoms with Gasteiger partial charge in [-0.1, -0.05) is 6.07 Å². The zero-order valence-electron chi connectivity index (χ0n) is 11.1. The Morgan fingerprint density at radius 3 is 3.10 bits per heavy atom. The minimum Gasteiger partial charge on any atom is -0.477 e. The molecule has 1 N–H and O–H groups in total. The highest BCUT2D eigenvalue weighted by Gasteiger charge is 2.21. The fourth-order valence-corrected chi connectivity index (χ4v) is 3.04. The fraction of sp³-hybridized carbons (Fsp3) is 0.400. The first-order valence-electron chi connectivity index (χ1n) is 6.84. The molecule has 0 bridgehead atoms. The van der Waals surface area contributed by atoms with E-state index in [2.05, 4.69) is 49.8 Å². The van der Waals surface area contributed by atoms with Crippen molar-refractivity contribution in [1.29, 1.82) is 0 Å². The van der Waals surface area contributed by atoms with Crippen LogP contribution in [-0.2, 0) is 13.0 Å². The molecule has 2 aromatic rings. The van der Waals surface area contributed by atoms with Gasteiger partial charge >= 0.3 is 0 Å². The summed E-state index contributed by atoms with van der Waals surface area (Å²) in [6.45, 7) is 1.50. The third-order valence-corrected chi connectivity index (χ3v) is 4.59. The number of aromatic nitrogens is 1. The molecule has 2 heterocycles. The molecule has 0 unspecified atom stereocenters. The quantitative estimate of drug-likeness (QED) is 0.823. The summed E-state index contributed by atoms with van der Waals surface area (Å²) in [5, 5.41) is 5.60. The molecule has 0 amide bonds. The first-order chi connectivity index (χ1) is 9.81. The number of hydrogen-bond donors (Lipinski definition) is 1. The zero-order valence-corrected chi connectivity index (χ0v) is 13.5. The average Bonchev–Trinajstić information content (AvgIpc) is 3.13. The lowest BCUT2D eigenvalue weighted by atomic mass is 10.2. The molecule has 5 heteroatoms. The van der Waals surface area contributed by atoms with Gasteiger partial charge in [-0.2, -0.15) is 0 Å². The maximum absolute atomic E-state index is 5.85. The maximum Gasteiger partial charge on any atom is 0.217 e. The summed E-state index contributed by atoms with van der Waals surface area (Å²) in [5.74, 6) is 0.748. The minimum atomic E-state index is 0.672. The maximum atomic E-state index is 5.85. The van der Waals surface area contributed by atoms with E-state index in [9.17, 15) is 0 Å². The van der Waals surface area contributed by atoms with E-state index >= 15 is 0 Å². The number of pyridine rings is 1. The lowest BCUT2D eigenvalue weighted by Crippen LogP contribution is -2.16. The van der Waals surface area contributed by atoms with Gasteiger partial charge in [0.1, 0.15) is 0 Å². The second-order valence-corrected chi connectivity index (χ2v) is 6.90. The normalized spacial score (nSPS) is 14.4. The van der Waals surface area contributed by atoms with Gasteiger partial charge in [-0.15, -0.1) is 11.3 Å². The van der Waals surface area contributed by atoms with Crippen molar-refractivity contribution in [3.63, 3.8) is 0 Å². The molecule has 1 saturated carbocycles. The molecule has 106 valence electrons. The molecule has 1 aliphatic rings. The second kappa shape index (κ2) is 6.70. The van der Waals surface area contributed by atoms with Gasteiger partial charge in [0.25, 0.3) is 0 Å². The van der Waals surface area contributed by atoms with Crippen LogP contribution in [0.5, 0.6) is 5.88 Å². The summed E-state index contributed by atoms with van der Waals surface area (Å²) < 4.78 is 6.85. The largest absolute Gasteiger partial charge is 0.477 e. The number of nitrogens with one attached hydrogen (secondary N) is 1. The molecule has 0 atom stereocenters. The molecule has 0 aromatic carbocycles. The van der Waals surface area contributed by atoms with E-state index in [1.165, 1.54) is 17.7 Å². The van der Waals surface area contributed by atoms with E-state index in [0.29, 0.717) is 12.6 Å². The Morgan fingerprint density at radius 2 is 2.35 bits per heavy atom. The van der Waals surface area contributed by atoms with Crippen LogP contribution in [0, 0.1) is 0 Å². The Morgan fingerprint density at radius 1 is 1.45 bits per heavy atom. The summed E-state index contributed by atoms with van der Waals surface area (Å²) >= 11 is 5.24. The van der Waals surface area contributed by atoms with Crippen molar-refractivity contribution in [3.8, 4) is 5.88 Å². The third kappa shape index (κ3) is 4.04. The molecule has 20 heavy (non-hydrogen) atoms. The van der Waals surface area contributed by atoms with Crippen LogP contribution in [0.4, 0.5) is 0 Å². The van der Waals surface area contributed by atoms with Gasteiger partial charge in [0.15, 0.2) is 0 Å². The topological polar surface area (TPSA) is 34.1 Å². The van der Waals surface area contributed by atoms with E-state index in [-0.39, 0.29) is 0 Å². The van der Waals surface area contributed by atoms with Crippen molar-refractivity contribution in [2.45, 2.75) is 31.8 Å². The van der Waals surface area contributed by atoms with Crippen LogP contribution in [-0.4, -0.2) is 17.6 Å². The van der Waals surface area contributed by atoms with Gasteiger partial charge in [0.2, 0.25) is 5.88 Å². The average molecular weight is 353 g/mol. The van der Waals surface area contributed by atoms with Crippen LogP contribution in [0.15, 0.2) is 34.2 Å². The molecule has 1 fully saturated rings. The minimum absolute atomic E-state index is 0.672. The molecule has 0 radical (unpaired) electrons. The number of ether oxygens (including phenoxy) is 1. The number of thiophene rings is 1. The van der Waals surface area contributed by atoms with E-state index in [0.717, 1.165) is 28.9 Å².